The summed E-state index contributed by atoms with van der Waals surface area (Å²) in [6.07, 6.45) is 13.3. The highest BCUT2D eigenvalue weighted by Crippen LogP contribution is 2.60. The molecule has 4 saturated carbocycles. The molecule has 5 fully saturated rings. The molecule has 1 N–H and O–H groups in total. The first-order valence-electron chi connectivity index (χ1n) is 9.74. The normalized spacial score (nSPS) is 41.4. The minimum Gasteiger partial charge on any atom is -0.354 e. The molecule has 0 radical (unpaired) electrons. The second-order valence-electron chi connectivity index (χ2n) is 8.71. The lowest BCUT2D eigenvalue weighted by Crippen LogP contribution is -2.54. The number of hydrogen-bond acceptors (Lipinski definition) is 2. The topological polar surface area (TPSA) is 32.3 Å². The zero-order chi connectivity index (χ0) is 15.0. The highest BCUT2D eigenvalue weighted by atomic mass is 16.2. The number of carbonyl (C=O) groups is 1. The molecule has 1 aliphatic heterocycles. The predicted molar refractivity (Wildman–Crippen MR) is 88.5 cm³/mol. The van der Waals surface area contributed by atoms with E-state index >= 15 is 0 Å². The lowest BCUT2D eigenvalue weighted by molar-refractivity contribution is -0.146. The van der Waals surface area contributed by atoms with Crippen LogP contribution in [0.4, 0.5) is 0 Å². The molecule has 0 aromatic carbocycles. The van der Waals surface area contributed by atoms with E-state index in [1.165, 1.54) is 77.3 Å². The second-order valence-corrected chi connectivity index (χ2v) is 8.71. The minimum absolute atomic E-state index is 0.0353. The summed E-state index contributed by atoms with van der Waals surface area (Å²) < 4.78 is 0. The number of nitrogens with zero attached hydrogens (tertiary/aromatic N) is 1. The van der Waals surface area contributed by atoms with Crippen molar-refractivity contribution in [2.75, 3.05) is 26.2 Å². The average molecular weight is 304 g/mol. The third kappa shape index (κ3) is 2.93. The summed E-state index contributed by atoms with van der Waals surface area (Å²) in [6.45, 7) is 4.37. The maximum Gasteiger partial charge on any atom is 0.226 e. The number of amides is 1. The van der Waals surface area contributed by atoms with E-state index in [2.05, 4.69) is 10.2 Å². The van der Waals surface area contributed by atoms with E-state index in [4.69, 9.17) is 0 Å². The summed E-state index contributed by atoms with van der Waals surface area (Å²) >= 11 is 0. The third-order valence-corrected chi connectivity index (χ3v) is 6.93. The fourth-order valence-electron chi connectivity index (χ4n) is 6.26. The Morgan fingerprint density at radius 1 is 0.909 bits per heavy atom. The number of likely N-dealkylation sites (tertiary alicyclic amines) is 1. The Bertz CT molecular complexity index is 376. The van der Waals surface area contributed by atoms with Crippen LogP contribution in [-0.4, -0.2) is 37.0 Å². The van der Waals surface area contributed by atoms with Gasteiger partial charge in [0.05, 0.1) is 0 Å². The van der Waals surface area contributed by atoms with E-state index in [9.17, 15) is 4.79 Å². The van der Waals surface area contributed by atoms with Crippen LogP contribution in [0.1, 0.15) is 64.2 Å². The van der Waals surface area contributed by atoms with Gasteiger partial charge >= 0.3 is 0 Å². The van der Waals surface area contributed by atoms with Crippen molar-refractivity contribution in [1.29, 1.82) is 0 Å². The number of rotatable bonds is 4. The largest absolute Gasteiger partial charge is 0.354 e. The minimum atomic E-state index is 0.0353. The molecule has 0 unspecified atom stereocenters. The van der Waals surface area contributed by atoms with Gasteiger partial charge in [0.1, 0.15) is 0 Å². The molecule has 0 atom stereocenters. The second kappa shape index (κ2) is 6.14. The Morgan fingerprint density at radius 2 is 1.45 bits per heavy atom. The van der Waals surface area contributed by atoms with Gasteiger partial charge in [-0.15, -0.1) is 0 Å². The Balaban J connectivity index is 1.29. The maximum absolute atomic E-state index is 12.9. The van der Waals surface area contributed by atoms with Gasteiger partial charge in [0.25, 0.3) is 0 Å². The van der Waals surface area contributed by atoms with Crippen LogP contribution in [0.15, 0.2) is 0 Å². The lowest BCUT2D eigenvalue weighted by Gasteiger charge is -2.55. The molecular formula is C19H32N2O. The molecule has 5 aliphatic rings. The van der Waals surface area contributed by atoms with E-state index in [0.29, 0.717) is 5.91 Å². The summed E-state index contributed by atoms with van der Waals surface area (Å²) in [7, 11) is 0. The summed E-state index contributed by atoms with van der Waals surface area (Å²) in [4.78, 5) is 15.4. The molecule has 4 bridgehead atoms. The van der Waals surface area contributed by atoms with Gasteiger partial charge in [0, 0.05) is 18.5 Å². The Morgan fingerprint density at radius 3 is 2.00 bits per heavy atom. The molecule has 0 aromatic rings. The van der Waals surface area contributed by atoms with E-state index < -0.39 is 0 Å². The molecule has 3 nitrogen and oxygen atoms in total. The van der Waals surface area contributed by atoms with Crippen LogP contribution in [0.5, 0.6) is 0 Å². The van der Waals surface area contributed by atoms with Crippen molar-refractivity contribution in [2.24, 2.45) is 23.2 Å². The molecule has 0 spiro atoms. The van der Waals surface area contributed by atoms with E-state index in [1.54, 1.807) is 0 Å². The van der Waals surface area contributed by atoms with Crippen LogP contribution in [0, 0.1) is 23.2 Å². The number of carbonyl (C=O) groups excluding carboxylic acids is 1. The first-order chi connectivity index (χ1) is 10.7. The fourth-order valence-corrected chi connectivity index (χ4v) is 6.26. The average Bonchev–Trinajstić information content (AvgIpc) is 2.74. The summed E-state index contributed by atoms with van der Waals surface area (Å²) in [5.74, 6) is 2.99. The number of hydrogen-bond donors (Lipinski definition) is 1. The molecule has 1 saturated heterocycles. The zero-order valence-electron chi connectivity index (χ0n) is 14.0. The van der Waals surface area contributed by atoms with Crippen LogP contribution in [0.2, 0.25) is 0 Å². The Hall–Kier alpha value is -0.570. The van der Waals surface area contributed by atoms with Crippen molar-refractivity contribution in [3.8, 4) is 0 Å². The van der Waals surface area contributed by atoms with Crippen molar-refractivity contribution in [3.05, 3.63) is 0 Å². The smallest absolute Gasteiger partial charge is 0.226 e. The van der Waals surface area contributed by atoms with Crippen LogP contribution >= 0.6 is 0 Å². The third-order valence-electron chi connectivity index (χ3n) is 6.93. The maximum atomic E-state index is 12.9. The Labute approximate surface area is 135 Å². The summed E-state index contributed by atoms with van der Waals surface area (Å²) in [5.41, 5.74) is 0.0353. The van der Waals surface area contributed by atoms with Crippen LogP contribution in [-0.2, 0) is 4.79 Å². The molecule has 22 heavy (non-hydrogen) atoms. The summed E-state index contributed by atoms with van der Waals surface area (Å²) in [5, 5.41) is 3.33. The molecule has 4 aliphatic carbocycles. The van der Waals surface area contributed by atoms with Crippen molar-refractivity contribution in [3.63, 3.8) is 0 Å². The van der Waals surface area contributed by atoms with E-state index in [1.807, 2.05) is 0 Å². The molecule has 5 rings (SSSR count). The van der Waals surface area contributed by atoms with Crippen LogP contribution < -0.4 is 5.32 Å². The van der Waals surface area contributed by atoms with Crippen LogP contribution in [0.25, 0.3) is 0 Å². The SMILES string of the molecule is O=C(NCCN1CCCCCC1)C12CC3CC(CC(C3)C1)C2. The van der Waals surface area contributed by atoms with Crippen LogP contribution in [0.3, 0.4) is 0 Å². The van der Waals surface area contributed by atoms with Gasteiger partial charge in [-0.2, -0.15) is 0 Å². The molecule has 0 aromatic heterocycles. The van der Waals surface area contributed by atoms with Gasteiger partial charge in [0.15, 0.2) is 0 Å². The molecule has 1 heterocycles. The summed E-state index contributed by atoms with van der Waals surface area (Å²) in [6, 6.07) is 0. The molecule has 124 valence electrons. The van der Waals surface area contributed by atoms with Gasteiger partial charge in [-0.1, -0.05) is 12.8 Å². The van der Waals surface area contributed by atoms with Gasteiger partial charge in [0.2, 0.25) is 5.91 Å². The van der Waals surface area contributed by atoms with Crippen molar-refractivity contribution in [1.82, 2.24) is 10.2 Å². The van der Waals surface area contributed by atoms with Crippen molar-refractivity contribution < 1.29 is 4.79 Å². The Kier molecular flexibility index (Phi) is 4.19. The number of nitrogens with one attached hydrogen (secondary N) is 1. The molecule has 1 amide bonds. The quantitative estimate of drug-likeness (QED) is 0.865. The first-order valence-corrected chi connectivity index (χ1v) is 9.74. The van der Waals surface area contributed by atoms with E-state index in [-0.39, 0.29) is 5.41 Å². The predicted octanol–water partition coefficient (Wildman–Crippen LogP) is 3.20. The lowest BCUT2D eigenvalue weighted by atomic mass is 9.49. The molecular weight excluding hydrogens is 272 g/mol. The molecule has 3 heteroatoms. The monoisotopic (exact) mass is 304 g/mol. The fraction of sp³-hybridized carbons (Fsp3) is 0.947. The van der Waals surface area contributed by atoms with Crippen molar-refractivity contribution in [2.45, 2.75) is 64.2 Å². The first kappa shape index (κ1) is 15.0. The standard InChI is InChI=1S/C19H32N2O/c22-18(20-5-8-21-6-3-1-2-4-7-21)19-12-15-9-16(13-19)11-17(10-15)14-19/h15-17H,1-14H2,(H,20,22). The van der Waals surface area contributed by atoms with Crippen molar-refractivity contribution >= 4 is 5.91 Å². The highest BCUT2D eigenvalue weighted by molar-refractivity contribution is 5.83. The van der Waals surface area contributed by atoms with Gasteiger partial charge in [-0.3, -0.25) is 4.79 Å². The van der Waals surface area contributed by atoms with Gasteiger partial charge < -0.3 is 10.2 Å². The zero-order valence-corrected chi connectivity index (χ0v) is 14.0. The van der Waals surface area contributed by atoms with Gasteiger partial charge in [-0.25, -0.2) is 0 Å². The van der Waals surface area contributed by atoms with Gasteiger partial charge in [-0.05, 0) is 82.2 Å². The highest BCUT2D eigenvalue weighted by Gasteiger charge is 2.54. The van der Waals surface area contributed by atoms with E-state index in [0.717, 1.165) is 30.8 Å².